The summed E-state index contributed by atoms with van der Waals surface area (Å²) in [6.45, 7) is 2.42. The number of hydrogen-bond acceptors (Lipinski definition) is 6. The van der Waals surface area contributed by atoms with E-state index in [1.54, 1.807) is 38.1 Å². The maximum atomic E-state index is 12.9. The summed E-state index contributed by atoms with van der Waals surface area (Å²) in [5.74, 6) is 1.22. The second kappa shape index (κ2) is 6.88. The van der Waals surface area contributed by atoms with Gasteiger partial charge in [-0.1, -0.05) is 12.1 Å². The third-order valence-electron chi connectivity index (χ3n) is 5.02. The van der Waals surface area contributed by atoms with Crippen LogP contribution in [0.25, 0.3) is 11.3 Å². The molecule has 3 aromatic rings. The van der Waals surface area contributed by atoms with Gasteiger partial charge in [0, 0.05) is 25.2 Å². The second-order valence-electron chi connectivity index (χ2n) is 6.74. The van der Waals surface area contributed by atoms with E-state index in [1.807, 2.05) is 24.3 Å². The van der Waals surface area contributed by atoms with Gasteiger partial charge in [-0.05, 0) is 31.2 Å². The monoisotopic (exact) mass is 376 g/mol. The average molecular weight is 376 g/mol. The Bertz CT molecular complexity index is 1100. The number of rotatable bonds is 3. The van der Waals surface area contributed by atoms with Crippen molar-refractivity contribution in [1.29, 1.82) is 0 Å². The molecule has 0 fully saturated rings. The summed E-state index contributed by atoms with van der Waals surface area (Å²) in [6.07, 6.45) is 0. The summed E-state index contributed by atoms with van der Waals surface area (Å²) in [5.41, 5.74) is 3.36. The van der Waals surface area contributed by atoms with Crippen molar-refractivity contribution in [2.45, 2.75) is 20.0 Å². The van der Waals surface area contributed by atoms with Gasteiger partial charge < -0.3 is 10.2 Å². The maximum absolute atomic E-state index is 12.9. The fourth-order valence-corrected chi connectivity index (χ4v) is 3.26. The molecule has 0 bridgehead atoms. The number of aryl methyl sites for hydroxylation is 1. The first kappa shape index (κ1) is 17.8. The van der Waals surface area contributed by atoms with E-state index < -0.39 is 0 Å². The van der Waals surface area contributed by atoms with Crippen LogP contribution >= 0.6 is 0 Å². The van der Waals surface area contributed by atoms with Gasteiger partial charge in [0.2, 0.25) is 0 Å². The number of amides is 1. The lowest BCUT2D eigenvalue weighted by molar-refractivity contribution is 0.0750. The molecule has 1 aliphatic heterocycles. The largest absolute Gasteiger partial charge is 0.372 e. The molecule has 1 aromatic carbocycles. The Hall–Kier alpha value is -3.55. The van der Waals surface area contributed by atoms with Gasteiger partial charge in [0.25, 0.3) is 11.5 Å². The van der Waals surface area contributed by atoms with E-state index in [1.165, 1.54) is 4.57 Å². The third-order valence-corrected chi connectivity index (χ3v) is 5.02. The molecule has 142 valence electrons. The summed E-state index contributed by atoms with van der Waals surface area (Å²) < 4.78 is 1.52. The molecule has 0 atom stereocenters. The van der Waals surface area contributed by atoms with Crippen molar-refractivity contribution in [2.75, 3.05) is 12.4 Å². The molecular formula is C20H20N6O2. The van der Waals surface area contributed by atoms with Gasteiger partial charge in [0.05, 0.1) is 30.0 Å². The van der Waals surface area contributed by atoms with E-state index in [9.17, 15) is 9.59 Å². The van der Waals surface area contributed by atoms with Gasteiger partial charge in [-0.15, -0.1) is 10.2 Å². The number of anilines is 1. The predicted molar refractivity (Wildman–Crippen MR) is 105 cm³/mol. The number of nitrogens with zero attached hydrogens (tertiary/aromatic N) is 5. The second-order valence-corrected chi connectivity index (χ2v) is 6.74. The first-order chi connectivity index (χ1) is 13.5. The van der Waals surface area contributed by atoms with E-state index in [0.29, 0.717) is 35.0 Å². The van der Waals surface area contributed by atoms with Crippen molar-refractivity contribution >= 4 is 11.7 Å². The van der Waals surface area contributed by atoms with Crippen molar-refractivity contribution < 1.29 is 4.79 Å². The Morgan fingerprint density at radius 2 is 1.82 bits per heavy atom. The minimum atomic E-state index is -0.124. The minimum absolute atomic E-state index is 0.0864. The Labute approximate surface area is 161 Å². The Morgan fingerprint density at radius 1 is 1.07 bits per heavy atom. The van der Waals surface area contributed by atoms with Crippen LogP contribution in [0.5, 0.6) is 0 Å². The summed E-state index contributed by atoms with van der Waals surface area (Å²) in [6, 6.07) is 11.0. The van der Waals surface area contributed by atoms with E-state index in [-0.39, 0.29) is 18.0 Å². The fraction of sp³-hybridized carbons (Fsp3) is 0.250. The standard InChI is InChI=1S/C20H20N6O2/c1-12-22-17-11-26(10-15(17)20(28)25(12)3)19(27)14-6-4-13(5-7-14)16-8-9-18(21-2)24-23-16/h4-9H,10-11H2,1-3H3,(H,21,24). The molecular weight excluding hydrogens is 356 g/mol. The highest BCUT2D eigenvalue weighted by atomic mass is 16.2. The molecule has 8 nitrogen and oxygen atoms in total. The molecule has 8 heteroatoms. The number of nitrogens with one attached hydrogen (secondary N) is 1. The van der Waals surface area contributed by atoms with Crippen LogP contribution in [0.2, 0.25) is 0 Å². The molecule has 1 aliphatic rings. The van der Waals surface area contributed by atoms with Crippen LogP contribution in [0.3, 0.4) is 0 Å². The first-order valence-electron chi connectivity index (χ1n) is 8.94. The fourth-order valence-electron chi connectivity index (χ4n) is 3.26. The summed E-state index contributed by atoms with van der Waals surface area (Å²) in [7, 11) is 3.48. The molecule has 1 N–H and O–H groups in total. The van der Waals surface area contributed by atoms with E-state index >= 15 is 0 Å². The van der Waals surface area contributed by atoms with Crippen molar-refractivity contribution in [3.63, 3.8) is 0 Å². The average Bonchev–Trinajstić information content (AvgIpc) is 3.16. The number of fused-ring (bicyclic) bond motifs is 1. The summed E-state index contributed by atoms with van der Waals surface area (Å²) in [5, 5.41) is 11.2. The van der Waals surface area contributed by atoms with Gasteiger partial charge in [-0.25, -0.2) is 4.98 Å². The summed E-state index contributed by atoms with van der Waals surface area (Å²) >= 11 is 0. The molecule has 0 spiro atoms. The normalized spacial score (nSPS) is 12.8. The third kappa shape index (κ3) is 3.02. The van der Waals surface area contributed by atoms with Crippen LogP contribution in [-0.4, -0.2) is 37.6 Å². The van der Waals surface area contributed by atoms with Crippen molar-refractivity contribution in [3.8, 4) is 11.3 Å². The quantitative estimate of drug-likeness (QED) is 0.749. The highest BCUT2D eigenvalue weighted by molar-refractivity contribution is 5.95. The minimum Gasteiger partial charge on any atom is -0.372 e. The Morgan fingerprint density at radius 3 is 2.46 bits per heavy atom. The lowest BCUT2D eigenvalue weighted by Crippen LogP contribution is -2.27. The Balaban J connectivity index is 1.54. The van der Waals surface area contributed by atoms with Crippen LogP contribution in [-0.2, 0) is 20.1 Å². The molecule has 0 saturated heterocycles. The Kier molecular flexibility index (Phi) is 4.38. The lowest BCUT2D eigenvalue weighted by Gasteiger charge is -2.15. The zero-order valence-electron chi connectivity index (χ0n) is 15.9. The molecule has 2 aromatic heterocycles. The van der Waals surface area contributed by atoms with Crippen LogP contribution in [0.4, 0.5) is 5.82 Å². The highest BCUT2D eigenvalue weighted by Crippen LogP contribution is 2.22. The number of aromatic nitrogens is 4. The molecule has 1 amide bonds. The predicted octanol–water partition coefficient (Wildman–Crippen LogP) is 1.74. The van der Waals surface area contributed by atoms with Crippen LogP contribution < -0.4 is 10.9 Å². The van der Waals surface area contributed by atoms with E-state index in [4.69, 9.17) is 0 Å². The number of carbonyl (C=O) groups is 1. The molecule has 28 heavy (non-hydrogen) atoms. The topological polar surface area (TPSA) is 93.0 Å². The highest BCUT2D eigenvalue weighted by Gasteiger charge is 2.28. The van der Waals surface area contributed by atoms with Gasteiger partial charge in [0.15, 0.2) is 0 Å². The van der Waals surface area contributed by atoms with Crippen molar-refractivity contribution in [3.05, 3.63) is 69.4 Å². The van der Waals surface area contributed by atoms with Crippen molar-refractivity contribution in [2.24, 2.45) is 7.05 Å². The lowest BCUT2D eigenvalue weighted by atomic mass is 10.1. The molecule has 4 rings (SSSR count). The van der Waals surface area contributed by atoms with Gasteiger partial charge in [0.1, 0.15) is 11.6 Å². The zero-order chi connectivity index (χ0) is 19.8. The molecule has 3 heterocycles. The van der Waals surface area contributed by atoms with E-state index in [0.717, 1.165) is 11.3 Å². The SMILES string of the molecule is CNc1ccc(-c2ccc(C(=O)N3Cc4nc(C)n(C)c(=O)c4C3)cc2)nn1. The van der Waals surface area contributed by atoms with Gasteiger partial charge in [-0.2, -0.15) is 0 Å². The van der Waals surface area contributed by atoms with Crippen LogP contribution in [0, 0.1) is 6.92 Å². The van der Waals surface area contributed by atoms with Crippen LogP contribution in [0.15, 0.2) is 41.2 Å². The number of carbonyl (C=O) groups excluding carboxylic acids is 1. The van der Waals surface area contributed by atoms with Gasteiger partial charge in [-0.3, -0.25) is 14.2 Å². The van der Waals surface area contributed by atoms with E-state index in [2.05, 4.69) is 20.5 Å². The molecule has 0 radical (unpaired) electrons. The van der Waals surface area contributed by atoms with Gasteiger partial charge >= 0.3 is 0 Å². The first-order valence-corrected chi connectivity index (χ1v) is 8.94. The molecule has 0 aliphatic carbocycles. The number of hydrogen-bond donors (Lipinski definition) is 1. The maximum Gasteiger partial charge on any atom is 0.258 e. The zero-order valence-corrected chi connectivity index (χ0v) is 15.9. The molecule has 0 unspecified atom stereocenters. The van der Waals surface area contributed by atoms with Crippen molar-refractivity contribution in [1.82, 2.24) is 24.6 Å². The smallest absolute Gasteiger partial charge is 0.258 e. The molecule has 0 saturated carbocycles. The number of benzene rings is 1. The summed E-state index contributed by atoms with van der Waals surface area (Å²) in [4.78, 5) is 31.4. The van der Waals surface area contributed by atoms with Crippen LogP contribution in [0.1, 0.15) is 27.4 Å².